The van der Waals surface area contributed by atoms with Crippen molar-refractivity contribution in [1.82, 2.24) is 18.5 Å². The molecule has 2 aliphatic rings. The first-order valence-corrected chi connectivity index (χ1v) is 8.84. The van der Waals surface area contributed by atoms with Crippen molar-refractivity contribution in [3.05, 3.63) is 30.1 Å². The van der Waals surface area contributed by atoms with E-state index in [2.05, 4.69) is 4.98 Å². The standard InChI is InChI=1S/C14H20N4O4S/c1-16(2)23(20,21)17-9-12-13(10-17)22-14(19)18(12)8-6-11-5-3-4-7-15-11/h3-5,7,12-13H,6,8-10H2,1-2H3/t12-,13+/m1/s1. The summed E-state index contributed by atoms with van der Waals surface area (Å²) in [5.74, 6) is 0. The largest absolute Gasteiger partial charge is 0.442 e. The molecule has 0 aromatic carbocycles. The van der Waals surface area contributed by atoms with Crippen LogP contribution in [-0.4, -0.2) is 78.9 Å². The van der Waals surface area contributed by atoms with Gasteiger partial charge >= 0.3 is 6.09 Å². The second-order valence-electron chi connectivity index (χ2n) is 5.86. The van der Waals surface area contributed by atoms with Gasteiger partial charge in [-0.05, 0) is 12.1 Å². The average molecular weight is 340 g/mol. The summed E-state index contributed by atoms with van der Waals surface area (Å²) in [5.41, 5.74) is 0.888. The van der Waals surface area contributed by atoms with Gasteiger partial charge in [0.05, 0.1) is 12.6 Å². The van der Waals surface area contributed by atoms with Gasteiger partial charge < -0.3 is 4.74 Å². The number of fused-ring (bicyclic) bond motifs is 1. The van der Waals surface area contributed by atoms with E-state index in [-0.39, 0.29) is 25.2 Å². The highest BCUT2D eigenvalue weighted by atomic mass is 32.2. The van der Waals surface area contributed by atoms with Gasteiger partial charge in [-0.3, -0.25) is 9.88 Å². The molecule has 2 fully saturated rings. The molecule has 2 saturated heterocycles. The number of aromatic nitrogens is 1. The lowest BCUT2D eigenvalue weighted by Crippen LogP contribution is -2.43. The van der Waals surface area contributed by atoms with E-state index in [9.17, 15) is 13.2 Å². The molecule has 0 bridgehead atoms. The fraction of sp³-hybridized carbons (Fsp3) is 0.571. The van der Waals surface area contributed by atoms with Crippen LogP contribution in [-0.2, 0) is 21.4 Å². The molecule has 0 N–H and O–H groups in total. The Hall–Kier alpha value is -1.71. The highest BCUT2D eigenvalue weighted by Gasteiger charge is 2.50. The summed E-state index contributed by atoms with van der Waals surface area (Å²) in [6.45, 7) is 0.934. The van der Waals surface area contributed by atoms with Crippen LogP contribution in [0.1, 0.15) is 5.69 Å². The SMILES string of the molecule is CN(C)S(=O)(=O)N1C[C@@H]2OC(=O)N(CCc3ccccn3)[C@@H]2C1. The molecule has 0 spiro atoms. The summed E-state index contributed by atoms with van der Waals surface area (Å²) in [6.07, 6.45) is 1.54. The fourth-order valence-corrected chi connectivity index (χ4v) is 4.07. The monoisotopic (exact) mass is 340 g/mol. The normalized spacial score (nSPS) is 25.0. The summed E-state index contributed by atoms with van der Waals surface area (Å²) in [5, 5.41) is 0. The first-order valence-electron chi connectivity index (χ1n) is 7.44. The fourth-order valence-electron chi connectivity index (χ4n) is 2.93. The molecular weight excluding hydrogens is 320 g/mol. The quantitative estimate of drug-likeness (QED) is 0.750. The zero-order valence-corrected chi connectivity index (χ0v) is 13.9. The number of carbonyl (C=O) groups is 1. The molecule has 23 heavy (non-hydrogen) atoms. The van der Waals surface area contributed by atoms with E-state index in [1.807, 2.05) is 18.2 Å². The van der Waals surface area contributed by atoms with Crippen molar-refractivity contribution >= 4 is 16.3 Å². The van der Waals surface area contributed by atoms with Gasteiger partial charge in [0.15, 0.2) is 0 Å². The van der Waals surface area contributed by atoms with Crippen molar-refractivity contribution < 1.29 is 17.9 Å². The molecule has 0 saturated carbocycles. The Morgan fingerprint density at radius 1 is 1.35 bits per heavy atom. The Labute approximate surface area is 135 Å². The number of hydrogen-bond acceptors (Lipinski definition) is 5. The second kappa shape index (κ2) is 6.06. The number of ether oxygens (including phenoxy) is 1. The first kappa shape index (κ1) is 16.2. The molecule has 1 aromatic rings. The molecule has 2 atom stereocenters. The first-order chi connectivity index (χ1) is 10.9. The minimum atomic E-state index is -3.49. The second-order valence-corrected chi connectivity index (χ2v) is 8.00. The molecule has 126 valence electrons. The Morgan fingerprint density at radius 3 is 2.78 bits per heavy atom. The lowest BCUT2D eigenvalue weighted by Gasteiger charge is -2.24. The molecule has 9 heteroatoms. The third-order valence-electron chi connectivity index (χ3n) is 4.21. The van der Waals surface area contributed by atoms with E-state index < -0.39 is 16.3 Å². The van der Waals surface area contributed by atoms with Crippen LogP contribution < -0.4 is 0 Å². The maximum absolute atomic E-state index is 12.2. The van der Waals surface area contributed by atoms with Crippen LogP contribution in [0.4, 0.5) is 4.79 Å². The molecule has 3 heterocycles. The van der Waals surface area contributed by atoms with Crippen LogP contribution in [0.5, 0.6) is 0 Å². The van der Waals surface area contributed by atoms with Crippen LogP contribution in [0, 0.1) is 0 Å². The highest BCUT2D eigenvalue weighted by Crippen LogP contribution is 2.29. The van der Waals surface area contributed by atoms with E-state index in [1.165, 1.54) is 22.7 Å². The van der Waals surface area contributed by atoms with Crippen LogP contribution in [0.3, 0.4) is 0 Å². The highest BCUT2D eigenvalue weighted by molar-refractivity contribution is 7.86. The Bertz CT molecular complexity index is 679. The Morgan fingerprint density at radius 2 is 2.13 bits per heavy atom. The number of pyridine rings is 1. The zero-order chi connectivity index (χ0) is 16.6. The molecule has 8 nitrogen and oxygen atoms in total. The maximum atomic E-state index is 12.2. The Kier molecular flexibility index (Phi) is 4.26. The summed E-state index contributed by atoms with van der Waals surface area (Å²) in [4.78, 5) is 17.9. The van der Waals surface area contributed by atoms with Crippen molar-refractivity contribution in [2.75, 3.05) is 33.7 Å². The summed E-state index contributed by atoms with van der Waals surface area (Å²) in [7, 11) is -0.502. The zero-order valence-electron chi connectivity index (χ0n) is 13.1. The summed E-state index contributed by atoms with van der Waals surface area (Å²) >= 11 is 0. The molecular formula is C14H20N4O4S. The van der Waals surface area contributed by atoms with Gasteiger partial charge in [-0.1, -0.05) is 6.07 Å². The average Bonchev–Trinajstić information content (AvgIpc) is 3.04. The number of hydrogen-bond donors (Lipinski definition) is 0. The van der Waals surface area contributed by atoms with Crippen LogP contribution in [0.25, 0.3) is 0 Å². The predicted molar refractivity (Wildman–Crippen MR) is 82.9 cm³/mol. The van der Waals surface area contributed by atoms with Crippen LogP contribution >= 0.6 is 0 Å². The van der Waals surface area contributed by atoms with Crippen molar-refractivity contribution in [1.29, 1.82) is 0 Å². The van der Waals surface area contributed by atoms with Gasteiger partial charge in [-0.2, -0.15) is 17.0 Å². The molecule has 3 rings (SSSR count). The van der Waals surface area contributed by atoms with Crippen molar-refractivity contribution in [2.24, 2.45) is 0 Å². The summed E-state index contributed by atoms with van der Waals surface area (Å²) in [6, 6.07) is 5.40. The lowest BCUT2D eigenvalue weighted by atomic mass is 10.2. The van der Waals surface area contributed by atoms with Gasteiger partial charge in [0, 0.05) is 45.5 Å². The number of rotatable bonds is 5. The van der Waals surface area contributed by atoms with Crippen LogP contribution in [0.15, 0.2) is 24.4 Å². The molecule has 1 amide bonds. The van der Waals surface area contributed by atoms with Gasteiger partial charge in [0.25, 0.3) is 10.2 Å². The minimum absolute atomic E-state index is 0.205. The van der Waals surface area contributed by atoms with E-state index in [1.54, 1.807) is 11.1 Å². The predicted octanol–water partition coefficient (Wildman–Crippen LogP) is -0.0645. The van der Waals surface area contributed by atoms with Crippen molar-refractivity contribution in [3.63, 3.8) is 0 Å². The van der Waals surface area contributed by atoms with Gasteiger partial charge in [-0.25, -0.2) is 4.79 Å². The third kappa shape index (κ3) is 3.04. The molecule has 2 aliphatic heterocycles. The van der Waals surface area contributed by atoms with Crippen molar-refractivity contribution in [2.45, 2.75) is 18.6 Å². The van der Waals surface area contributed by atoms with Gasteiger partial charge in [-0.15, -0.1) is 0 Å². The number of carbonyl (C=O) groups excluding carboxylic acids is 1. The molecule has 1 aromatic heterocycles. The molecule has 0 aliphatic carbocycles. The number of amides is 1. The third-order valence-corrected chi connectivity index (χ3v) is 6.09. The van der Waals surface area contributed by atoms with Gasteiger partial charge in [0.1, 0.15) is 6.10 Å². The Balaban J connectivity index is 1.67. The number of nitrogens with zero attached hydrogens (tertiary/aromatic N) is 4. The lowest BCUT2D eigenvalue weighted by molar-refractivity contribution is 0.129. The van der Waals surface area contributed by atoms with E-state index in [0.717, 1.165) is 5.69 Å². The van der Waals surface area contributed by atoms with Gasteiger partial charge in [0.2, 0.25) is 0 Å². The van der Waals surface area contributed by atoms with E-state index in [4.69, 9.17) is 4.74 Å². The van der Waals surface area contributed by atoms with Crippen LogP contribution in [0.2, 0.25) is 0 Å². The van der Waals surface area contributed by atoms with E-state index >= 15 is 0 Å². The maximum Gasteiger partial charge on any atom is 0.410 e. The molecule has 0 radical (unpaired) electrons. The van der Waals surface area contributed by atoms with Crippen molar-refractivity contribution in [3.8, 4) is 0 Å². The molecule has 0 unspecified atom stereocenters. The smallest absolute Gasteiger partial charge is 0.410 e. The van der Waals surface area contributed by atoms with E-state index in [0.29, 0.717) is 13.0 Å². The minimum Gasteiger partial charge on any atom is -0.442 e. The topological polar surface area (TPSA) is 83.1 Å². The summed E-state index contributed by atoms with van der Waals surface area (Å²) < 4.78 is 32.3.